The third-order valence-corrected chi connectivity index (χ3v) is 3.94. The summed E-state index contributed by atoms with van der Waals surface area (Å²) >= 11 is 0. The van der Waals surface area contributed by atoms with Gasteiger partial charge in [0.2, 0.25) is 0 Å². The highest BCUT2D eigenvalue weighted by molar-refractivity contribution is 7.86. The smallest absolute Gasteiger partial charge is 0.295 e. The van der Waals surface area contributed by atoms with Crippen LogP contribution in [0.25, 0.3) is 10.8 Å². The van der Waals surface area contributed by atoms with Gasteiger partial charge in [-0.25, -0.2) is 0 Å². The van der Waals surface area contributed by atoms with Gasteiger partial charge in [-0.1, -0.05) is 24.3 Å². The maximum atomic E-state index is 11.3. The summed E-state index contributed by atoms with van der Waals surface area (Å²) < 4.78 is 31.9. The van der Waals surface area contributed by atoms with Gasteiger partial charge in [0.25, 0.3) is 10.1 Å². The minimum absolute atomic E-state index is 0.0497. The van der Waals surface area contributed by atoms with Crippen LogP contribution in [0.4, 0.5) is 5.69 Å². The quantitative estimate of drug-likeness (QED) is 0.866. The van der Waals surface area contributed by atoms with Crippen molar-refractivity contribution < 1.29 is 13.0 Å². The molecule has 0 saturated heterocycles. The zero-order valence-corrected chi connectivity index (χ0v) is 11.1. The standard InChI is InChI=1S/C13H15NO3S/c1-3-14(2)12-8-9-13(18(15,16)17)11-7-5-4-6-10(11)12/h4-9H,3H2,1-2H3,(H,15,16,17). The number of rotatable bonds is 3. The van der Waals surface area contributed by atoms with Gasteiger partial charge in [0.05, 0.1) is 0 Å². The third kappa shape index (κ3) is 2.19. The number of nitrogens with zero attached hydrogens (tertiary/aromatic N) is 1. The first-order chi connectivity index (χ1) is 8.45. The Morgan fingerprint density at radius 3 is 2.28 bits per heavy atom. The SMILES string of the molecule is CCN(C)c1ccc(S(=O)(=O)O)c2ccccc12. The van der Waals surface area contributed by atoms with E-state index < -0.39 is 10.1 Å². The lowest BCUT2D eigenvalue weighted by Gasteiger charge is -2.19. The Morgan fingerprint density at radius 1 is 1.11 bits per heavy atom. The van der Waals surface area contributed by atoms with Crippen LogP contribution < -0.4 is 4.90 Å². The summed E-state index contributed by atoms with van der Waals surface area (Å²) in [5.41, 5.74) is 0.945. The third-order valence-electron chi connectivity index (χ3n) is 3.02. The molecular weight excluding hydrogens is 250 g/mol. The van der Waals surface area contributed by atoms with Gasteiger partial charge in [0.15, 0.2) is 0 Å². The molecule has 18 heavy (non-hydrogen) atoms. The van der Waals surface area contributed by atoms with Gasteiger partial charge in [-0.05, 0) is 19.1 Å². The molecule has 0 aliphatic rings. The van der Waals surface area contributed by atoms with Crippen LogP contribution in [-0.2, 0) is 10.1 Å². The highest BCUT2D eigenvalue weighted by Gasteiger charge is 2.16. The van der Waals surface area contributed by atoms with E-state index in [4.69, 9.17) is 0 Å². The number of fused-ring (bicyclic) bond motifs is 1. The Kier molecular flexibility index (Phi) is 3.28. The molecule has 96 valence electrons. The van der Waals surface area contributed by atoms with Crippen LogP contribution >= 0.6 is 0 Å². The fourth-order valence-corrected chi connectivity index (χ4v) is 2.68. The van der Waals surface area contributed by atoms with Crippen molar-refractivity contribution in [3.8, 4) is 0 Å². The van der Waals surface area contributed by atoms with Crippen molar-refractivity contribution in [2.24, 2.45) is 0 Å². The van der Waals surface area contributed by atoms with Gasteiger partial charge in [-0.2, -0.15) is 8.42 Å². The van der Waals surface area contributed by atoms with E-state index in [-0.39, 0.29) is 4.90 Å². The molecule has 0 aromatic heterocycles. The van der Waals surface area contributed by atoms with Crippen molar-refractivity contribution in [2.75, 3.05) is 18.5 Å². The molecule has 0 aliphatic carbocycles. The number of benzene rings is 2. The van der Waals surface area contributed by atoms with Crippen molar-refractivity contribution >= 4 is 26.6 Å². The van der Waals surface area contributed by atoms with Gasteiger partial charge >= 0.3 is 0 Å². The highest BCUT2D eigenvalue weighted by Crippen LogP contribution is 2.31. The van der Waals surface area contributed by atoms with E-state index >= 15 is 0 Å². The van der Waals surface area contributed by atoms with Gasteiger partial charge in [0, 0.05) is 30.1 Å². The van der Waals surface area contributed by atoms with E-state index in [1.165, 1.54) is 6.07 Å². The van der Waals surface area contributed by atoms with Gasteiger partial charge in [-0.3, -0.25) is 4.55 Å². The van der Waals surface area contributed by atoms with E-state index in [2.05, 4.69) is 0 Å². The minimum atomic E-state index is -4.20. The fourth-order valence-electron chi connectivity index (χ4n) is 1.98. The van der Waals surface area contributed by atoms with Gasteiger partial charge in [0.1, 0.15) is 4.90 Å². The van der Waals surface area contributed by atoms with Crippen molar-refractivity contribution in [3.05, 3.63) is 36.4 Å². The van der Waals surface area contributed by atoms with Crippen LogP contribution in [0.3, 0.4) is 0 Å². The minimum Gasteiger partial charge on any atom is -0.374 e. The second kappa shape index (κ2) is 4.59. The second-order valence-corrected chi connectivity index (χ2v) is 5.51. The average molecular weight is 265 g/mol. The first-order valence-corrected chi connectivity index (χ1v) is 7.09. The van der Waals surface area contributed by atoms with E-state index in [9.17, 15) is 13.0 Å². The number of hydrogen-bond donors (Lipinski definition) is 1. The molecular formula is C13H15NO3S. The summed E-state index contributed by atoms with van der Waals surface area (Å²) in [6.07, 6.45) is 0. The molecule has 0 amide bonds. The second-order valence-electron chi connectivity index (χ2n) is 4.12. The van der Waals surface area contributed by atoms with Crippen molar-refractivity contribution in [1.29, 1.82) is 0 Å². The Morgan fingerprint density at radius 2 is 1.72 bits per heavy atom. The predicted octanol–water partition coefficient (Wildman–Crippen LogP) is 2.54. The zero-order valence-electron chi connectivity index (χ0n) is 10.3. The normalized spacial score (nSPS) is 11.7. The van der Waals surface area contributed by atoms with Gasteiger partial charge in [-0.15, -0.1) is 0 Å². The number of hydrogen-bond acceptors (Lipinski definition) is 3. The topological polar surface area (TPSA) is 57.6 Å². The molecule has 5 heteroatoms. The number of anilines is 1. The van der Waals surface area contributed by atoms with E-state index in [1.807, 2.05) is 31.0 Å². The molecule has 0 saturated carbocycles. The van der Waals surface area contributed by atoms with E-state index in [0.717, 1.165) is 17.6 Å². The first kappa shape index (κ1) is 12.9. The Hall–Kier alpha value is -1.59. The molecule has 0 bridgehead atoms. The molecule has 0 spiro atoms. The molecule has 4 nitrogen and oxygen atoms in total. The molecule has 0 atom stereocenters. The zero-order chi connectivity index (χ0) is 13.3. The fraction of sp³-hybridized carbons (Fsp3) is 0.231. The Labute approximate surface area is 107 Å². The molecule has 0 unspecified atom stereocenters. The molecule has 0 radical (unpaired) electrons. The van der Waals surface area contributed by atoms with Crippen LogP contribution in [0.1, 0.15) is 6.92 Å². The van der Waals surface area contributed by atoms with Gasteiger partial charge < -0.3 is 4.90 Å². The molecule has 0 heterocycles. The van der Waals surface area contributed by atoms with E-state index in [1.54, 1.807) is 18.2 Å². The van der Waals surface area contributed by atoms with Crippen LogP contribution in [0.5, 0.6) is 0 Å². The summed E-state index contributed by atoms with van der Waals surface area (Å²) in [7, 11) is -2.26. The largest absolute Gasteiger partial charge is 0.374 e. The lowest BCUT2D eigenvalue weighted by Crippen LogP contribution is -2.16. The monoisotopic (exact) mass is 265 g/mol. The Balaban J connectivity index is 2.83. The van der Waals surface area contributed by atoms with Crippen molar-refractivity contribution in [1.82, 2.24) is 0 Å². The molecule has 0 aliphatic heterocycles. The molecule has 1 N–H and O–H groups in total. The highest BCUT2D eigenvalue weighted by atomic mass is 32.2. The predicted molar refractivity (Wildman–Crippen MR) is 72.7 cm³/mol. The van der Waals surface area contributed by atoms with Crippen molar-refractivity contribution in [3.63, 3.8) is 0 Å². The first-order valence-electron chi connectivity index (χ1n) is 5.65. The van der Waals surface area contributed by atoms with Crippen LogP contribution in [0.15, 0.2) is 41.3 Å². The lowest BCUT2D eigenvalue weighted by molar-refractivity contribution is 0.484. The Bertz CT molecular complexity index is 680. The van der Waals surface area contributed by atoms with Crippen molar-refractivity contribution in [2.45, 2.75) is 11.8 Å². The van der Waals surface area contributed by atoms with E-state index in [0.29, 0.717) is 5.39 Å². The molecule has 0 fully saturated rings. The van der Waals surface area contributed by atoms with Crippen LogP contribution in [-0.4, -0.2) is 26.6 Å². The summed E-state index contributed by atoms with van der Waals surface area (Å²) in [5, 5.41) is 1.36. The summed E-state index contributed by atoms with van der Waals surface area (Å²) in [6.45, 7) is 2.83. The average Bonchev–Trinajstić information content (AvgIpc) is 2.35. The summed E-state index contributed by atoms with van der Waals surface area (Å²) in [5.74, 6) is 0. The maximum Gasteiger partial charge on any atom is 0.295 e. The maximum absolute atomic E-state index is 11.3. The molecule has 2 aromatic carbocycles. The summed E-state index contributed by atoms with van der Waals surface area (Å²) in [4.78, 5) is 1.97. The van der Waals surface area contributed by atoms with Crippen LogP contribution in [0.2, 0.25) is 0 Å². The van der Waals surface area contributed by atoms with Crippen LogP contribution in [0, 0.1) is 0 Å². The summed E-state index contributed by atoms with van der Waals surface area (Å²) in [6, 6.07) is 10.3. The lowest BCUT2D eigenvalue weighted by atomic mass is 10.1. The molecule has 2 aromatic rings. The molecule has 2 rings (SSSR count).